The van der Waals surface area contributed by atoms with Crippen molar-refractivity contribution in [1.82, 2.24) is 4.90 Å². The highest BCUT2D eigenvalue weighted by Gasteiger charge is 2.30. The summed E-state index contributed by atoms with van der Waals surface area (Å²) in [4.78, 5) is 25.4. The lowest BCUT2D eigenvalue weighted by atomic mass is 10.1. The van der Waals surface area contributed by atoms with Crippen molar-refractivity contribution in [3.63, 3.8) is 0 Å². The molecule has 0 saturated carbocycles. The summed E-state index contributed by atoms with van der Waals surface area (Å²) in [6.45, 7) is 0.955. The van der Waals surface area contributed by atoms with Gasteiger partial charge in [0, 0.05) is 30.7 Å². The van der Waals surface area contributed by atoms with Crippen LogP contribution in [0.1, 0.15) is 22.3 Å². The number of hydrogen-bond acceptors (Lipinski definition) is 4. The number of benzene rings is 1. The van der Waals surface area contributed by atoms with E-state index >= 15 is 0 Å². The van der Waals surface area contributed by atoms with Gasteiger partial charge >= 0.3 is 5.97 Å². The third-order valence-corrected chi connectivity index (χ3v) is 4.54. The topological polar surface area (TPSA) is 66.8 Å². The number of thioether (sulfide) groups is 1. The van der Waals surface area contributed by atoms with Gasteiger partial charge in [0.2, 0.25) is 0 Å². The Morgan fingerprint density at radius 2 is 2.19 bits per heavy atom. The molecule has 1 aromatic rings. The number of carboxylic acids is 1. The Labute approximate surface area is 128 Å². The standard InChI is InChI=1S/C15H19NO4S/c1-20-9-11-4-2-3-5-13(11)15(19)16-6-7-21-10-12(16)8-14(17)18/h2-5,12H,6-10H2,1H3,(H,17,18). The number of carbonyl (C=O) groups excluding carboxylic acids is 1. The van der Waals surface area contributed by atoms with E-state index in [9.17, 15) is 9.59 Å². The van der Waals surface area contributed by atoms with E-state index in [1.165, 1.54) is 0 Å². The fourth-order valence-electron chi connectivity index (χ4n) is 2.46. The average Bonchev–Trinajstić information content (AvgIpc) is 2.47. The molecule has 1 heterocycles. The second-order valence-electron chi connectivity index (χ2n) is 4.92. The number of nitrogens with zero attached hydrogens (tertiary/aromatic N) is 1. The number of carboxylic acid groups (broad SMARTS) is 1. The van der Waals surface area contributed by atoms with Crippen LogP contribution in [0, 0.1) is 0 Å². The summed E-state index contributed by atoms with van der Waals surface area (Å²) in [5.41, 5.74) is 1.43. The van der Waals surface area contributed by atoms with Crippen LogP contribution < -0.4 is 0 Å². The fourth-order valence-corrected chi connectivity index (χ4v) is 3.52. The van der Waals surface area contributed by atoms with Gasteiger partial charge in [0.25, 0.3) is 5.91 Å². The van der Waals surface area contributed by atoms with Crippen molar-refractivity contribution >= 4 is 23.6 Å². The molecule has 0 aliphatic carbocycles. The Kier molecular flexibility index (Phi) is 5.64. The van der Waals surface area contributed by atoms with Crippen LogP contribution in [-0.4, -0.2) is 53.1 Å². The molecule has 114 valence electrons. The summed E-state index contributed by atoms with van der Waals surface area (Å²) in [7, 11) is 1.59. The monoisotopic (exact) mass is 309 g/mol. The number of ether oxygens (including phenoxy) is 1. The highest BCUT2D eigenvalue weighted by Crippen LogP contribution is 2.23. The summed E-state index contributed by atoms with van der Waals surface area (Å²) >= 11 is 1.69. The Balaban J connectivity index is 2.22. The van der Waals surface area contributed by atoms with Crippen molar-refractivity contribution in [3.05, 3.63) is 35.4 Å². The molecule has 0 bridgehead atoms. The zero-order chi connectivity index (χ0) is 15.2. The molecule has 6 heteroatoms. The van der Waals surface area contributed by atoms with Crippen LogP contribution >= 0.6 is 11.8 Å². The molecule has 1 aliphatic heterocycles. The maximum absolute atomic E-state index is 12.8. The van der Waals surface area contributed by atoms with Gasteiger partial charge in [-0.05, 0) is 11.6 Å². The van der Waals surface area contributed by atoms with Gasteiger partial charge in [-0.2, -0.15) is 11.8 Å². The molecule has 2 rings (SSSR count). The second-order valence-corrected chi connectivity index (χ2v) is 6.07. The van der Waals surface area contributed by atoms with Gasteiger partial charge in [-0.1, -0.05) is 18.2 Å². The lowest BCUT2D eigenvalue weighted by Gasteiger charge is -2.35. The van der Waals surface area contributed by atoms with Gasteiger partial charge in [0.15, 0.2) is 0 Å². The number of hydrogen-bond donors (Lipinski definition) is 1. The minimum absolute atomic E-state index is 0.00875. The lowest BCUT2D eigenvalue weighted by molar-refractivity contribution is -0.138. The van der Waals surface area contributed by atoms with E-state index in [0.29, 0.717) is 24.5 Å². The minimum Gasteiger partial charge on any atom is -0.481 e. The van der Waals surface area contributed by atoms with Crippen LogP contribution in [-0.2, 0) is 16.1 Å². The zero-order valence-corrected chi connectivity index (χ0v) is 12.8. The maximum Gasteiger partial charge on any atom is 0.305 e. The first-order valence-electron chi connectivity index (χ1n) is 6.81. The maximum atomic E-state index is 12.8. The first-order valence-corrected chi connectivity index (χ1v) is 7.96. The largest absolute Gasteiger partial charge is 0.481 e. The number of carbonyl (C=O) groups is 2. The van der Waals surface area contributed by atoms with Crippen LogP contribution in [0.4, 0.5) is 0 Å². The van der Waals surface area contributed by atoms with Gasteiger partial charge in [-0.25, -0.2) is 0 Å². The smallest absolute Gasteiger partial charge is 0.305 e. The summed E-state index contributed by atoms with van der Waals surface area (Å²) < 4.78 is 5.13. The third kappa shape index (κ3) is 3.98. The van der Waals surface area contributed by atoms with Crippen LogP contribution in [0.3, 0.4) is 0 Å². The Morgan fingerprint density at radius 3 is 2.90 bits per heavy atom. The molecular formula is C15H19NO4S. The SMILES string of the molecule is COCc1ccccc1C(=O)N1CCSCC1CC(=O)O. The van der Waals surface area contributed by atoms with E-state index in [2.05, 4.69) is 0 Å². The number of rotatable bonds is 5. The van der Waals surface area contributed by atoms with Gasteiger partial charge in [0.1, 0.15) is 0 Å². The molecule has 1 N–H and O–H groups in total. The molecule has 1 atom stereocenters. The van der Waals surface area contributed by atoms with Gasteiger partial charge in [-0.15, -0.1) is 0 Å². The Bertz CT molecular complexity index is 520. The predicted molar refractivity (Wildman–Crippen MR) is 81.6 cm³/mol. The normalized spacial score (nSPS) is 18.5. The molecule has 1 unspecified atom stereocenters. The van der Waals surface area contributed by atoms with E-state index in [1.54, 1.807) is 29.8 Å². The Hall–Kier alpha value is -1.53. The molecule has 0 aromatic heterocycles. The number of amides is 1. The second kappa shape index (κ2) is 7.47. The first kappa shape index (κ1) is 15.9. The lowest BCUT2D eigenvalue weighted by Crippen LogP contribution is -2.47. The molecule has 1 amide bonds. The fraction of sp³-hybridized carbons (Fsp3) is 0.467. The van der Waals surface area contributed by atoms with Gasteiger partial charge < -0.3 is 14.7 Å². The first-order chi connectivity index (χ1) is 10.1. The molecule has 21 heavy (non-hydrogen) atoms. The molecule has 5 nitrogen and oxygen atoms in total. The average molecular weight is 309 g/mol. The van der Waals surface area contributed by atoms with Crippen LogP contribution in [0.25, 0.3) is 0 Å². The molecule has 1 aliphatic rings. The molecule has 1 saturated heterocycles. The summed E-state index contributed by atoms with van der Waals surface area (Å²) in [5.74, 6) is 0.540. The Morgan fingerprint density at radius 1 is 1.43 bits per heavy atom. The number of methoxy groups -OCH3 is 1. The number of aliphatic carboxylic acids is 1. The quantitative estimate of drug-likeness (QED) is 0.899. The van der Waals surface area contributed by atoms with Crippen LogP contribution in [0.15, 0.2) is 24.3 Å². The van der Waals surface area contributed by atoms with Crippen molar-refractivity contribution < 1.29 is 19.4 Å². The summed E-state index contributed by atoms with van der Waals surface area (Å²) in [6.07, 6.45) is -0.00875. The third-order valence-electron chi connectivity index (χ3n) is 3.45. The molecule has 0 radical (unpaired) electrons. The van der Waals surface area contributed by atoms with Crippen LogP contribution in [0.2, 0.25) is 0 Å². The van der Waals surface area contributed by atoms with Crippen molar-refractivity contribution in [1.29, 1.82) is 0 Å². The van der Waals surface area contributed by atoms with E-state index in [-0.39, 0.29) is 18.4 Å². The van der Waals surface area contributed by atoms with E-state index in [1.807, 2.05) is 18.2 Å². The summed E-state index contributed by atoms with van der Waals surface area (Å²) in [5, 5.41) is 9.01. The predicted octanol–water partition coefficient (Wildman–Crippen LogP) is 1.87. The van der Waals surface area contributed by atoms with E-state index in [0.717, 1.165) is 11.3 Å². The van der Waals surface area contributed by atoms with Crippen molar-refractivity contribution in [2.75, 3.05) is 25.2 Å². The van der Waals surface area contributed by atoms with Crippen molar-refractivity contribution in [3.8, 4) is 0 Å². The van der Waals surface area contributed by atoms with Gasteiger partial charge in [0.05, 0.1) is 19.1 Å². The summed E-state index contributed by atoms with van der Waals surface area (Å²) in [6, 6.07) is 7.07. The molecule has 1 aromatic carbocycles. The van der Waals surface area contributed by atoms with E-state index in [4.69, 9.17) is 9.84 Å². The van der Waals surface area contributed by atoms with Gasteiger partial charge in [-0.3, -0.25) is 9.59 Å². The molecular weight excluding hydrogens is 290 g/mol. The van der Waals surface area contributed by atoms with Crippen LogP contribution in [0.5, 0.6) is 0 Å². The minimum atomic E-state index is -0.870. The van der Waals surface area contributed by atoms with E-state index < -0.39 is 5.97 Å². The highest BCUT2D eigenvalue weighted by atomic mass is 32.2. The van der Waals surface area contributed by atoms with Crippen molar-refractivity contribution in [2.45, 2.75) is 19.1 Å². The highest BCUT2D eigenvalue weighted by molar-refractivity contribution is 7.99. The zero-order valence-electron chi connectivity index (χ0n) is 11.9. The molecule has 0 spiro atoms. The van der Waals surface area contributed by atoms with Crippen molar-refractivity contribution in [2.24, 2.45) is 0 Å². The molecule has 1 fully saturated rings.